The van der Waals surface area contributed by atoms with E-state index in [-0.39, 0.29) is 17.3 Å². The molecule has 0 spiro atoms. The number of hydrogen-bond donors (Lipinski definition) is 2. The zero-order chi connectivity index (χ0) is 14.6. The molecule has 1 atom stereocenters. The Balaban J connectivity index is 2.89. The number of hydrogen-bond acceptors (Lipinski definition) is 4. The van der Waals surface area contributed by atoms with Crippen molar-refractivity contribution in [2.75, 3.05) is 20.6 Å². The smallest absolute Gasteiger partial charge is 0.241 e. The molecule has 6 nitrogen and oxygen atoms in total. The van der Waals surface area contributed by atoms with Gasteiger partial charge in [0.25, 0.3) is 0 Å². The lowest BCUT2D eigenvalue weighted by atomic mass is 10.1. The predicted molar refractivity (Wildman–Crippen MR) is 71.0 cm³/mol. The van der Waals surface area contributed by atoms with Gasteiger partial charge in [-0.3, -0.25) is 4.79 Å². The summed E-state index contributed by atoms with van der Waals surface area (Å²) < 4.78 is 26.2. The van der Waals surface area contributed by atoms with Gasteiger partial charge < -0.3 is 10.0 Å². The Morgan fingerprint density at radius 2 is 2.05 bits per heavy atom. The number of amides is 1. The van der Waals surface area contributed by atoms with E-state index >= 15 is 0 Å². The second-order valence-electron chi connectivity index (χ2n) is 4.36. The van der Waals surface area contributed by atoms with Crippen LogP contribution < -0.4 is 4.72 Å². The molecule has 19 heavy (non-hydrogen) atoms. The molecule has 1 unspecified atom stereocenters. The van der Waals surface area contributed by atoms with E-state index in [1.807, 2.05) is 0 Å². The number of carbonyl (C=O) groups excluding carboxylic acids is 1. The number of benzene rings is 1. The number of aliphatic hydroxyl groups is 1. The molecule has 106 valence electrons. The summed E-state index contributed by atoms with van der Waals surface area (Å²) in [6.07, 6.45) is -0.751. The van der Waals surface area contributed by atoms with Crippen molar-refractivity contribution in [2.24, 2.45) is 0 Å². The largest absolute Gasteiger partial charge is 0.389 e. The number of nitrogens with zero attached hydrogens (tertiary/aromatic N) is 1. The summed E-state index contributed by atoms with van der Waals surface area (Å²) in [6.45, 7) is 1.25. The summed E-state index contributed by atoms with van der Waals surface area (Å²) in [5.74, 6) is -0.338. The summed E-state index contributed by atoms with van der Waals surface area (Å²) >= 11 is 0. The lowest BCUT2D eigenvalue weighted by Crippen LogP contribution is -2.36. The second kappa shape index (κ2) is 6.14. The van der Waals surface area contributed by atoms with E-state index in [0.29, 0.717) is 5.56 Å². The molecule has 1 aromatic rings. The molecule has 7 heteroatoms. The molecule has 0 saturated heterocycles. The quantitative estimate of drug-likeness (QED) is 0.804. The van der Waals surface area contributed by atoms with Gasteiger partial charge in [-0.2, -0.15) is 0 Å². The third-order valence-corrected chi connectivity index (χ3v) is 3.96. The first kappa shape index (κ1) is 15.6. The second-order valence-corrected chi connectivity index (χ2v) is 6.13. The molecular formula is C12H18N2O4S. The minimum atomic E-state index is -3.75. The fourth-order valence-electron chi connectivity index (χ4n) is 1.34. The first-order valence-electron chi connectivity index (χ1n) is 5.72. The molecule has 0 aliphatic carbocycles. The van der Waals surface area contributed by atoms with Crippen molar-refractivity contribution in [1.29, 1.82) is 0 Å². The van der Waals surface area contributed by atoms with E-state index in [0.717, 1.165) is 0 Å². The summed E-state index contributed by atoms with van der Waals surface area (Å²) in [5, 5.41) is 9.43. The summed E-state index contributed by atoms with van der Waals surface area (Å²) in [6, 6.07) is 5.97. The molecule has 0 radical (unpaired) electrons. The number of rotatable bonds is 5. The van der Waals surface area contributed by atoms with Gasteiger partial charge in [0, 0.05) is 14.1 Å². The monoisotopic (exact) mass is 286 g/mol. The average molecular weight is 286 g/mol. The summed E-state index contributed by atoms with van der Waals surface area (Å²) in [5.41, 5.74) is 0.502. The third-order valence-electron chi connectivity index (χ3n) is 2.56. The number of carbonyl (C=O) groups is 1. The Labute approximate surface area is 113 Å². The van der Waals surface area contributed by atoms with Gasteiger partial charge in [-0.15, -0.1) is 0 Å². The van der Waals surface area contributed by atoms with Crippen LogP contribution in [0.3, 0.4) is 0 Å². The standard InChI is InChI=1S/C12H18N2O4S/c1-9(15)10-5-4-6-11(7-10)19(17,18)13-8-12(16)14(2)3/h4-7,9,13,15H,8H2,1-3H3. The van der Waals surface area contributed by atoms with Crippen LogP contribution >= 0.6 is 0 Å². The highest BCUT2D eigenvalue weighted by molar-refractivity contribution is 7.89. The van der Waals surface area contributed by atoms with Crippen molar-refractivity contribution in [3.8, 4) is 0 Å². The number of aliphatic hydroxyl groups excluding tert-OH is 1. The van der Waals surface area contributed by atoms with Crippen molar-refractivity contribution >= 4 is 15.9 Å². The Bertz CT molecular complexity index is 553. The van der Waals surface area contributed by atoms with Crippen molar-refractivity contribution in [1.82, 2.24) is 9.62 Å². The predicted octanol–water partition coefficient (Wildman–Crippen LogP) is 0.106. The Kier molecular flexibility index (Phi) is 5.04. The molecule has 0 aliphatic heterocycles. The molecule has 0 fully saturated rings. The number of nitrogens with one attached hydrogen (secondary N) is 1. The van der Waals surface area contributed by atoms with Crippen LogP contribution in [0.4, 0.5) is 0 Å². The minimum absolute atomic E-state index is 0.0254. The van der Waals surface area contributed by atoms with Gasteiger partial charge in [-0.25, -0.2) is 13.1 Å². The zero-order valence-corrected chi connectivity index (χ0v) is 11.9. The SMILES string of the molecule is CC(O)c1cccc(S(=O)(=O)NCC(=O)N(C)C)c1. The highest BCUT2D eigenvalue weighted by Gasteiger charge is 2.17. The van der Waals surface area contributed by atoms with Gasteiger partial charge in [0.2, 0.25) is 15.9 Å². The fourth-order valence-corrected chi connectivity index (χ4v) is 2.37. The highest BCUT2D eigenvalue weighted by atomic mass is 32.2. The normalized spacial score (nSPS) is 13.1. The fraction of sp³-hybridized carbons (Fsp3) is 0.417. The zero-order valence-electron chi connectivity index (χ0n) is 11.1. The van der Waals surface area contributed by atoms with Crippen molar-refractivity contribution in [3.05, 3.63) is 29.8 Å². The number of sulfonamides is 1. The molecule has 2 N–H and O–H groups in total. The van der Waals surface area contributed by atoms with Crippen LogP contribution in [-0.2, 0) is 14.8 Å². The molecule has 1 aromatic carbocycles. The van der Waals surface area contributed by atoms with Crippen LogP contribution in [0.25, 0.3) is 0 Å². The molecule has 0 aliphatic rings. The molecule has 1 amide bonds. The first-order chi connectivity index (χ1) is 8.74. The molecular weight excluding hydrogens is 268 g/mol. The van der Waals surface area contributed by atoms with E-state index in [4.69, 9.17) is 0 Å². The van der Waals surface area contributed by atoms with E-state index in [9.17, 15) is 18.3 Å². The van der Waals surface area contributed by atoms with Crippen LogP contribution in [0, 0.1) is 0 Å². The van der Waals surface area contributed by atoms with Crippen molar-refractivity contribution in [2.45, 2.75) is 17.9 Å². The highest BCUT2D eigenvalue weighted by Crippen LogP contribution is 2.16. The maximum Gasteiger partial charge on any atom is 0.241 e. The lowest BCUT2D eigenvalue weighted by Gasteiger charge is -2.12. The summed E-state index contributed by atoms with van der Waals surface area (Å²) in [7, 11) is -0.661. The maximum absolute atomic E-state index is 12.0. The van der Waals surface area contributed by atoms with Crippen LogP contribution in [0.5, 0.6) is 0 Å². The van der Waals surface area contributed by atoms with E-state index in [2.05, 4.69) is 4.72 Å². The van der Waals surface area contributed by atoms with Crippen molar-refractivity contribution < 1.29 is 18.3 Å². The topological polar surface area (TPSA) is 86.7 Å². The minimum Gasteiger partial charge on any atom is -0.389 e. The van der Waals surface area contributed by atoms with Crippen LogP contribution in [0.2, 0.25) is 0 Å². The summed E-state index contributed by atoms with van der Waals surface area (Å²) in [4.78, 5) is 12.7. The lowest BCUT2D eigenvalue weighted by molar-refractivity contribution is -0.127. The molecule has 0 saturated carbocycles. The average Bonchev–Trinajstić information content (AvgIpc) is 2.36. The third kappa shape index (κ3) is 4.30. The Hall–Kier alpha value is -1.44. The van der Waals surface area contributed by atoms with E-state index in [1.165, 1.54) is 17.0 Å². The van der Waals surface area contributed by atoms with Gasteiger partial charge in [0.15, 0.2) is 0 Å². The molecule has 0 aromatic heterocycles. The van der Waals surface area contributed by atoms with Gasteiger partial charge in [-0.05, 0) is 24.6 Å². The van der Waals surface area contributed by atoms with E-state index in [1.54, 1.807) is 33.2 Å². The number of likely N-dealkylation sites (N-methyl/N-ethyl adjacent to an activating group) is 1. The molecule has 0 heterocycles. The van der Waals surface area contributed by atoms with Gasteiger partial charge in [-0.1, -0.05) is 12.1 Å². The molecule has 1 rings (SSSR count). The first-order valence-corrected chi connectivity index (χ1v) is 7.20. The maximum atomic E-state index is 12.0. The van der Waals surface area contributed by atoms with Crippen molar-refractivity contribution in [3.63, 3.8) is 0 Å². The molecule has 0 bridgehead atoms. The van der Waals surface area contributed by atoms with Crippen LogP contribution in [-0.4, -0.2) is 45.0 Å². The van der Waals surface area contributed by atoms with E-state index < -0.39 is 16.1 Å². The Morgan fingerprint density at radius 3 is 2.58 bits per heavy atom. The van der Waals surface area contributed by atoms with Gasteiger partial charge in [0.1, 0.15) is 0 Å². The van der Waals surface area contributed by atoms with Gasteiger partial charge >= 0.3 is 0 Å². The van der Waals surface area contributed by atoms with Crippen LogP contribution in [0.1, 0.15) is 18.6 Å². The van der Waals surface area contributed by atoms with Crippen LogP contribution in [0.15, 0.2) is 29.2 Å². The van der Waals surface area contributed by atoms with Gasteiger partial charge in [0.05, 0.1) is 17.5 Å². The Morgan fingerprint density at radius 1 is 1.42 bits per heavy atom.